The molecule has 2 aliphatic carbocycles. The zero-order valence-corrected chi connectivity index (χ0v) is 56.8. The van der Waals surface area contributed by atoms with Gasteiger partial charge in [0, 0.05) is 70.7 Å². The molecule has 5 heterocycles. The molecule has 2 saturated carbocycles. The van der Waals surface area contributed by atoms with Crippen molar-refractivity contribution in [3.8, 4) is 49.7 Å². The molecule has 99 heavy (non-hydrogen) atoms. The van der Waals surface area contributed by atoms with Crippen molar-refractivity contribution < 1.29 is 85.8 Å². The molecule has 1 aliphatic heterocycles. The maximum Gasteiger partial charge on any atom is 0.569 e. The van der Waals surface area contributed by atoms with Crippen molar-refractivity contribution in [2.75, 3.05) is 19.8 Å². The van der Waals surface area contributed by atoms with Crippen molar-refractivity contribution in [3.05, 3.63) is 216 Å². The van der Waals surface area contributed by atoms with Crippen LogP contribution in [-0.2, 0) is 55.2 Å². The van der Waals surface area contributed by atoms with Gasteiger partial charge in [-0.05, 0) is 188 Å². The topological polar surface area (TPSA) is 284 Å². The number of primary sulfonamides is 2. The summed E-state index contributed by atoms with van der Waals surface area (Å²) in [7, 11) is -8.12. The van der Waals surface area contributed by atoms with Crippen molar-refractivity contribution >= 4 is 78.3 Å². The van der Waals surface area contributed by atoms with Gasteiger partial charge in [0.25, 0.3) is 0 Å². The number of aromatic nitrogens is 6. The van der Waals surface area contributed by atoms with E-state index >= 15 is 4.39 Å². The van der Waals surface area contributed by atoms with Crippen LogP contribution in [0, 0.1) is 58.4 Å². The first-order valence-corrected chi connectivity index (χ1v) is 35.8. The molecule has 1 radical (unpaired) electrons. The van der Waals surface area contributed by atoms with Crippen LogP contribution >= 0.6 is 38.6 Å². The highest BCUT2D eigenvalue weighted by atomic mass is 79.9. The number of carboxylic acid groups (broad SMARTS) is 1. The second-order valence-electron chi connectivity index (χ2n) is 22.8. The summed E-state index contributed by atoms with van der Waals surface area (Å²) in [5.74, 6) is -8.26. The first-order chi connectivity index (χ1) is 47.2. The zero-order chi connectivity index (χ0) is 71.0. The number of halogens is 9. The van der Waals surface area contributed by atoms with Gasteiger partial charge in [-0.2, -0.15) is 10.2 Å². The van der Waals surface area contributed by atoms with Crippen molar-refractivity contribution in [3.63, 3.8) is 0 Å². The van der Waals surface area contributed by atoms with Gasteiger partial charge in [-0.15, -0.1) is 22.7 Å². The minimum atomic E-state index is -4.30. The predicted octanol–water partition coefficient (Wildman–Crippen LogP) is 13.2. The molecule has 0 unspecified atom stereocenters. The van der Waals surface area contributed by atoms with Gasteiger partial charge in [0.05, 0.1) is 33.9 Å². The molecule has 6 N–H and O–H groups in total. The van der Waals surface area contributed by atoms with E-state index in [-0.39, 0.29) is 57.3 Å². The first-order valence-electron chi connectivity index (χ1n) is 30.2. The van der Waals surface area contributed by atoms with Gasteiger partial charge in [0.15, 0.2) is 34.7 Å². The third kappa shape index (κ3) is 18.5. The number of sulfonamides is 2. The van der Waals surface area contributed by atoms with Crippen LogP contribution < -0.4 is 14.9 Å². The van der Waals surface area contributed by atoms with E-state index in [1.54, 1.807) is 29.1 Å². The molecule has 0 bridgehead atoms. The average Bonchev–Trinajstić information content (AvgIpc) is 1.62. The normalized spacial score (nSPS) is 13.5. The fraction of sp³-hybridized carbons (Fsp3) is 0.242. The van der Waals surface area contributed by atoms with Crippen LogP contribution in [0.15, 0.2) is 134 Å². The Kier molecular flexibility index (Phi) is 23.5. The van der Waals surface area contributed by atoms with Crippen LogP contribution in [0.4, 0.5) is 35.1 Å². The van der Waals surface area contributed by atoms with Crippen molar-refractivity contribution in [2.24, 2.45) is 22.1 Å². The molecule has 3 fully saturated rings. The van der Waals surface area contributed by atoms with Crippen LogP contribution in [-0.4, -0.2) is 95.9 Å². The van der Waals surface area contributed by atoms with Gasteiger partial charge in [-0.25, -0.2) is 91.2 Å². The van der Waals surface area contributed by atoms with Crippen molar-refractivity contribution in [1.82, 2.24) is 29.5 Å². The van der Waals surface area contributed by atoms with Gasteiger partial charge in [0.2, 0.25) is 30.3 Å². The molecule has 19 nitrogen and oxygen atoms in total. The third-order valence-corrected chi connectivity index (χ3v) is 19.7. The van der Waals surface area contributed by atoms with Gasteiger partial charge in [-0.1, -0.05) is 18.2 Å². The lowest BCUT2D eigenvalue weighted by Crippen LogP contribution is -2.14. The number of benzene rings is 6. The largest absolute Gasteiger partial charge is 0.569 e. The van der Waals surface area contributed by atoms with Crippen LogP contribution in [0.3, 0.4) is 0 Å². The highest BCUT2D eigenvalue weighted by Crippen LogP contribution is 2.42. The second kappa shape index (κ2) is 31.8. The fourth-order valence-electron chi connectivity index (χ4n) is 10.4. The number of aromatic carboxylic acids is 1. The molecule has 3 aliphatic rings. The lowest BCUT2D eigenvalue weighted by molar-refractivity contribution is 0.0519. The van der Waals surface area contributed by atoms with Gasteiger partial charge >= 0.3 is 19.6 Å². The molecule has 6 aromatic carbocycles. The smallest absolute Gasteiger partial charge is 0.537 e. The first kappa shape index (κ1) is 73.2. The van der Waals surface area contributed by atoms with Crippen molar-refractivity contribution in [2.45, 2.75) is 80.9 Å². The Hall–Kier alpha value is -8.54. The summed E-state index contributed by atoms with van der Waals surface area (Å²) >= 11 is 5.53. The van der Waals surface area contributed by atoms with Crippen LogP contribution in [0.2, 0.25) is 0 Å². The number of hydrogen-bond donors (Lipinski definition) is 4. The Bertz CT molecular complexity index is 4890. The molecule has 0 amide bonds. The molecular formula is C66H57BBrF8N8O11S4. The van der Waals surface area contributed by atoms with E-state index < -0.39 is 88.3 Å². The summed E-state index contributed by atoms with van der Waals surface area (Å²) in [6.45, 7) is 3.93. The number of carbonyl (C=O) groups excluding carboxylic acids is 1. The number of carbonyl (C=O) groups is 2. The molecular weight excluding hydrogens is 1450 g/mol. The maximum absolute atomic E-state index is 15.0. The number of nitrogens with zero attached hydrogens (tertiary/aromatic N) is 6. The molecule has 0 spiro atoms. The number of esters is 1. The predicted molar refractivity (Wildman–Crippen MR) is 354 cm³/mol. The quantitative estimate of drug-likeness (QED) is 0.0313. The molecule has 10 aromatic rings. The van der Waals surface area contributed by atoms with Crippen molar-refractivity contribution in [1.29, 1.82) is 0 Å². The van der Waals surface area contributed by atoms with Crippen LogP contribution in [0.5, 0.6) is 5.75 Å². The Morgan fingerprint density at radius 1 is 0.606 bits per heavy atom. The summed E-state index contributed by atoms with van der Waals surface area (Å²) < 4.78 is 176. The zero-order valence-electron chi connectivity index (χ0n) is 51.9. The number of rotatable bonds is 20. The van der Waals surface area contributed by atoms with E-state index in [0.717, 1.165) is 110 Å². The summed E-state index contributed by atoms with van der Waals surface area (Å²) in [4.78, 5) is 31.3. The fourth-order valence-corrected chi connectivity index (χ4v) is 13.4. The number of carboxylic acids is 1. The van der Waals surface area contributed by atoms with E-state index in [1.165, 1.54) is 82.8 Å². The van der Waals surface area contributed by atoms with E-state index in [0.29, 0.717) is 82.4 Å². The Balaban J connectivity index is 0.000000175. The highest BCUT2D eigenvalue weighted by Gasteiger charge is 2.32. The molecule has 33 heteroatoms. The number of hydrogen-bond acceptors (Lipinski definition) is 16. The number of ether oxygens (including phenoxy) is 2. The number of nitrogens with two attached hydrogens (primary N) is 2. The standard InChI is InChI=1S/C30H22F4N4O4S2.C26H23BrF2N4O4S2.C6H4BF2O2.C4H8O/c31-21-6-5-18(12-19(21)17-4-7-22(32)23(33)13-17)28-20(9-16-3-8-27(24(34)10-16)44(35,41)42)26(11-15-1-2-15)38(37-28)30-36-25(14-43-30)29(39)40;1-2-37-25(34)21-13-38-26(31-21)33-22(11-14-3-4-14)17(24(32-33)16-6-7-19(28)18(27)12-16)9-15-5-8-23(20(29)10-15)39(30,35)36;8-5-2-1-4(11-7-10)3-6(5)9;1-2-4-5-3-1/h3-8,10,12-15H,1-2,9,11H2,(H,39,40)(H2,35,41,42);5-8,10,12-14H,2-4,9,11H2,1H3,(H2,30,35,36);1-3,10H;1-4H2. The minimum Gasteiger partial charge on any atom is -0.537 e. The number of thiazole rings is 2. The van der Waals surface area contributed by atoms with Gasteiger partial charge in [-0.3, -0.25) is 0 Å². The summed E-state index contributed by atoms with van der Waals surface area (Å²) in [5, 5.41) is 41.2. The third-order valence-electron chi connectivity index (χ3n) is 15.5. The Morgan fingerprint density at radius 3 is 1.52 bits per heavy atom. The van der Waals surface area contributed by atoms with Gasteiger partial charge < -0.3 is 24.3 Å². The highest BCUT2D eigenvalue weighted by molar-refractivity contribution is 9.10. The van der Waals surface area contributed by atoms with Crippen LogP contribution in [0.25, 0.3) is 43.9 Å². The second-order valence-corrected chi connectivity index (χ2v) is 28.4. The summed E-state index contributed by atoms with van der Waals surface area (Å²) in [5.41, 5.74) is 5.70. The maximum atomic E-state index is 15.0. The Morgan fingerprint density at radius 2 is 1.08 bits per heavy atom. The monoisotopic (exact) mass is 1510 g/mol. The molecule has 0 atom stereocenters. The van der Waals surface area contributed by atoms with E-state index in [1.807, 2.05) is 0 Å². The van der Waals surface area contributed by atoms with Gasteiger partial charge in [0.1, 0.15) is 38.8 Å². The van der Waals surface area contributed by atoms with E-state index in [2.05, 4.69) is 30.6 Å². The SMILES string of the molecule is C1CCOC1.CCOC(=O)c1csc(-n2nc(-c3ccc(F)c(Br)c3)c(Cc3ccc(S(N)(=O)=O)c(F)c3)c2CC2CC2)n1.NS(=O)(=O)c1ccc(Cc2c(-c3ccc(F)c(-c4ccc(F)c(F)c4)c3)nn(-c3nc(C(=O)O)cs3)c2CC2CC2)cc1F.O[B]Oc1ccc(F)c(F)c1. The molecule has 13 rings (SSSR count). The molecule has 517 valence electrons. The summed E-state index contributed by atoms with van der Waals surface area (Å²) in [6, 6.07) is 21.9. The average molecular weight is 1510 g/mol. The summed E-state index contributed by atoms with van der Waals surface area (Å²) in [6.07, 6.45) is 8.02. The lowest BCUT2D eigenvalue weighted by atomic mass is 9.95. The molecule has 1 saturated heterocycles. The van der Waals surface area contributed by atoms with E-state index in [4.69, 9.17) is 35.0 Å². The molecule has 4 aromatic heterocycles. The minimum absolute atomic E-state index is 0.0170. The van der Waals surface area contributed by atoms with Crippen LogP contribution in [0.1, 0.15) is 100 Å². The van der Waals surface area contributed by atoms with E-state index in [9.17, 15) is 62.3 Å². The Labute approximate surface area is 578 Å². The lowest BCUT2D eigenvalue weighted by Gasteiger charge is -2.11.